The van der Waals surface area contributed by atoms with Crippen LogP contribution in [0.1, 0.15) is 5.56 Å². The topological polar surface area (TPSA) is 95.5 Å². The normalized spacial score (nSPS) is 11.4. The molecule has 0 aliphatic rings. The zero-order valence-electron chi connectivity index (χ0n) is 10.6. The molecule has 2 amide bonds. The van der Waals surface area contributed by atoms with Crippen LogP contribution in [0.5, 0.6) is 0 Å². The average Bonchev–Trinajstić information content (AvgIpc) is 2.43. The number of carbonyl (C=O) groups excluding carboxylic acids is 2. The Hall–Kier alpha value is -1.89. The summed E-state index contributed by atoms with van der Waals surface area (Å²) in [4.78, 5) is 32.8. The molecular weight excluding hydrogens is 328 g/mol. The summed E-state index contributed by atoms with van der Waals surface area (Å²) in [6, 6.07) is 9.46. The van der Waals surface area contributed by atoms with Crippen molar-refractivity contribution in [2.24, 2.45) is 0 Å². The first-order valence-electron chi connectivity index (χ1n) is 5.93. The van der Waals surface area contributed by atoms with Crippen LogP contribution in [0.15, 0.2) is 30.3 Å². The molecule has 0 bridgehead atoms. The summed E-state index contributed by atoms with van der Waals surface area (Å²) >= 11 is 3.25. The van der Waals surface area contributed by atoms with E-state index in [0.717, 1.165) is 5.56 Å². The highest BCUT2D eigenvalue weighted by Crippen LogP contribution is 2.09. The van der Waals surface area contributed by atoms with Gasteiger partial charge in [0.25, 0.3) is 0 Å². The van der Waals surface area contributed by atoms with Gasteiger partial charge in [-0.25, -0.2) is 0 Å². The van der Waals surface area contributed by atoms with Crippen LogP contribution in [0.25, 0.3) is 0 Å². The Kier molecular flexibility index (Phi) is 6.72. The molecule has 0 radical (unpaired) electrons. The third-order valence-corrected chi connectivity index (χ3v) is 3.14. The molecule has 1 rings (SSSR count). The number of carboxylic acid groups (broad SMARTS) is 1. The van der Waals surface area contributed by atoms with Crippen LogP contribution in [0.2, 0.25) is 0 Å². The van der Waals surface area contributed by atoms with Gasteiger partial charge in [-0.3, -0.25) is 14.4 Å². The fourth-order valence-corrected chi connectivity index (χ4v) is 1.96. The average molecular weight is 343 g/mol. The van der Waals surface area contributed by atoms with Gasteiger partial charge in [-0.2, -0.15) is 0 Å². The van der Waals surface area contributed by atoms with E-state index < -0.39 is 23.2 Å². The van der Waals surface area contributed by atoms with Gasteiger partial charge in [0, 0.05) is 0 Å². The van der Waals surface area contributed by atoms with Crippen LogP contribution in [-0.4, -0.2) is 40.8 Å². The highest BCUT2D eigenvalue weighted by Gasteiger charge is 2.16. The smallest absolute Gasteiger partial charge is 0.322 e. The number of carbonyl (C=O) groups is 3. The molecule has 108 valence electrons. The van der Waals surface area contributed by atoms with Gasteiger partial charge in [-0.05, 0) is 12.0 Å². The maximum absolute atomic E-state index is 11.7. The van der Waals surface area contributed by atoms with Crippen LogP contribution in [0.4, 0.5) is 0 Å². The van der Waals surface area contributed by atoms with Crippen molar-refractivity contribution in [3.63, 3.8) is 0 Å². The molecular formula is C13H15BrN2O4. The molecule has 0 unspecified atom stereocenters. The van der Waals surface area contributed by atoms with Gasteiger partial charge < -0.3 is 15.7 Å². The van der Waals surface area contributed by atoms with Crippen LogP contribution in [0.3, 0.4) is 0 Å². The Balaban J connectivity index is 2.31. The highest BCUT2D eigenvalue weighted by atomic mass is 79.9. The second-order valence-corrected chi connectivity index (χ2v) is 5.15. The van der Waals surface area contributed by atoms with E-state index in [-0.39, 0.29) is 12.5 Å². The fourth-order valence-electron chi connectivity index (χ4n) is 1.43. The molecule has 0 spiro atoms. The van der Waals surface area contributed by atoms with Crippen LogP contribution in [-0.2, 0) is 20.8 Å². The van der Waals surface area contributed by atoms with E-state index in [1.54, 1.807) is 0 Å². The molecule has 0 aromatic heterocycles. The molecule has 0 aliphatic carbocycles. The van der Waals surface area contributed by atoms with Gasteiger partial charge in [-0.1, -0.05) is 46.3 Å². The fraction of sp³-hybridized carbons (Fsp3) is 0.308. The molecule has 3 N–H and O–H groups in total. The number of aliphatic carboxylic acids is 1. The molecule has 20 heavy (non-hydrogen) atoms. The maximum Gasteiger partial charge on any atom is 0.322 e. The summed E-state index contributed by atoms with van der Waals surface area (Å²) in [7, 11) is 0. The SMILES string of the molecule is O=C(O)CNC(=O)CNC(=O)[C@H](Br)Cc1ccccc1. The summed E-state index contributed by atoms with van der Waals surface area (Å²) in [5.41, 5.74) is 1.000. The summed E-state index contributed by atoms with van der Waals surface area (Å²) in [6.45, 7) is -0.709. The molecule has 0 fully saturated rings. The second kappa shape index (κ2) is 8.31. The van der Waals surface area contributed by atoms with Crippen LogP contribution < -0.4 is 10.6 Å². The number of nitrogens with one attached hydrogen (secondary N) is 2. The number of hydrogen-bond acceptors (Lipinski definition) is 3. The standard InChI is InChI=1S/C13H15BrN2O4/c14-10(6-9-4-2-1-3-5-9)13(20)16-7-11(17)15-8-12(18)19/h1-5,10H,6-8H2,(H,15,17)(H,16,20)(H,18,19)/t10-/m1/s1. The van der Waals surface area contributed by atoms with Crippen molar-refractivity contribution in [2.75, 3.05) is 13.1 Å². The number of hydrogen-bond donors (Lipinski definition) is 3. The van der Waals surface area contributed by atoms with Crippen molar-refractivity contribution in [3.05, 3.63) is 35.9 Å². The van der Waals surface area contributed by atoms with E-state index in [9.17, 15) is 14.4 Å². The van der Waals surface area contributed by atoms with Crippen molar-refractivity contribution in [3.8, 4) is 0 Å². The minimum Gasteiger partial charge on any atom is -0.480 e. The Bertz CT molecular complexity index is 479. The minimum absolute atomic E-state index is 0.247. The van der Waals surface area contributed by atoms with E-state index in [4.69, 9.17) is 5.11 Å². The Labute approximate surface area is 124 Å². The number of carboxylic acids is 1. The monoisotopic (exact) mass is 342 g/mol. The summed E-state index contributed by atoms with van der Waals surface area (Å²) in [5.74, 6) is -1.99. The molecule has 7 heteroatoms. The molecule has 6 nitrogen and oxygen atoms in total. The van der Waals surface area contributed by atoms with Gasteiger partial charge in [-0.15, -0.1) is 0 Å². The number of benzene rings is 1. The molecule has 1 atom stereocenters. The van der Waals surface area contributed by atoms with Gasteiger partial charge >= 0.3 is 5.97 Å². The lowest BCUT2D eigenvalue weighted by Gasteiger charge is -2.10. The van der Waals surface area contributed by atoms with E-state index in [0.29, 0.717) is 6.42 Å². The number of alkyl halides is 1. The molecule has 0 heterocycles. The first kappa shape index (κ1) is 16.2. The third kappa shape index (κ3) is 6.33. The quantitative estimate of drug-likeness (QED) is 0.621. The van der Waals surface area contributed by atoms with E-state index in [1.807, 2.05) is 30.3 Å². The Morgan fingerprint density at radius 1 is 1.10 bits per heavy atom. The lowest BCUT2D eigenvalue weighted by Crippen LogP contribution is -2.41. The molecule has 1 aromatic rings. The number of amides is 2. The zero-order chi connectivity index (χ0) is 15.0. The molecule has 1 aromatic carbocycles. The van der Waals surface area contributed by atoms with Crippen molar-refractivity contribution in [1.29, 1.82) is 0 Å². The molecule has 0 aliphatic heterocycles. The lowest BCUT2D eigenvalue weighted by molar-refractivity contribution is -0.137. The van der Waals surface area contributed by atoms with Crippen molar-refractivity contribution >= 4 is 33.7 Å². The van der Waals surface area contributed by atoms with Gasteiger partial charge in [0.2, 0.25) is 11.8 Å². The Morgan fingerprint density at radius 3 is 2.35 bits per heavy atom. The number of halogens is 1. The summed E-state index contributed by atoms with van der Waals surface area (Å²) in [5, 5.41) is 13.0. The summed E-state index contributed by atoms with van der Waals surface area (Å²) < 4.78 is 0. The second-order valence-electron chi connectivity index (χ2n) is 4.05. The van der Waals surface area contributed by atoms with Crippen molar-refractivity contribution < 1.29 is 19.5 Å². The van der Waals surface area contributed by atoms with E-state index >= 15 is 0 Å². The van der Waals surface area contributed by atoms with Crippen LogP contribution >= 0.6 is 15.9 Å². The summed E-state index contributed by atoms with van der Waals surface area (Å²) in [6.07, 6.45) is 0.503. The number of rotatable bonds is 7. The molecule has 0 saturated heterocycles. The van der Waals surface area contributed by atoms with E-state index in [2.05, 4.69) is 26.6 Å². The highest BCUT2D eigenvalue weighted by molar-refractivity contribution is 9.10. The largest absolute Gasteiger partial charge is 0.480 e. The van der Waals surface area contributed by atoms with Gasteiger partial charge in [0.1, 0.15) is 6.54 Å². The lowest BCUT2D eigenvalue weighted by atomic mass is 10.1. The first-order valence-corrected chi connectivity index (χ1v) is 6.85. The van der Waals surface area contributed by atoms with Crippen molar-refractivity contribution in [2.45, 2.75) is 11.2 Å². The maximum atomic E-state index is 11.7. The third-order valence-electron chi connectivity index (χ3n) is 2.40. The van der Waals surface area contributed by atoms with Gasteiger partial charge in [0.15, 0.2) is 0 Å². The minimum atomic E-state index is -1.13. The first-order chi connectivity index (χ1) is 9.49. The van der Waals surface area contributed by atoms with E-state index in [1.165, 1.54) is 0 Å². The van der Waals surface area contributed by atoms with Crippen molar-refractivity contribution in [1.82, 2.24) is 10.6 Å². The molecule has 0 saturated carbocycles. The predicted molar refractivity (Wildman–Crippen MR) is 76.5 cm³/mol. The van der Waals surface area contributed by atoms with Crippen LogP contribution in [0, 0.1) is 0 Å². The zero-order valence-corrected chi connectivity index (χ0v) is 12.2. The van der Waals surface area contributed by atoms with Gasteiger partial charge in [0.05, 0.1) is 11.4 Å². The Morgan fingerprint density at radius 2 is 1.75 bits per heavy atom. The predicted octanol–water partition coefficient (Wildman–Crippen LogP) is 0.310.